The van der Waals surface area contributed by atoms with E-state index < -0.39 is 11.0 Å². The summed E-state index contributed by atoms with van der Waals surface area (Å²) in [7, 11) is -0.920. The molecule has 0 aromatic heterocycles. The van der Waals surface area contributed by atoms with Crippen LogP contribution in [-0.4, -0.2) is 21.5 Å². The van der Waals surface area contributed by atoms with Crippen LogP contribution in [0.1, 0.15) is 39.5 Å². The summed E-state index contributed by atoms with van der Waals surface area (Å²) in [4.78, 5) is 0. The lowest BCUT2D eigenvalue weighted by Gasteiger charge is -2.29. The van der Waals surface area contributed by atoms with Crippen LogP contribution in [0.2, 0.25) is 0 Å². The first kappa shape index (κ1) is 11.1. The van der Waals surface area contributed by atoms with Crippen LogP contribution in [0.3, 0.4) is 0 Å². The number of hydrogen-bond acceptors (Lipinski definition) is 2. The topological polar surface area (TPSA) is 55.1 Å². The molecule has 0 bridgehead atoms. The zero-order valence-corrected chi connectivity index (χ0v) is 9.27. The maximum atomic E-state index is 11.5. The van der Waals surface area contributed by atoms with E-state index in [4.69, 9.17) is 5.73 Å². The average molecular weight is 204 g/mol. The normalized spacial score (nSPS) is 32.0. The van der Waals surface area contributed by atoms with E-state index in [9.17, 15) is 4.21 Å². The predicted molar refractivity (Wildman–Crippen MR) is 56.6 cm³/mol. The fraction of sp³-hybridized carbons (Fsp3) is 1.00. The third kappa shape index (κ3) is 3.37. The second-order valence-electron chi connectivity index (χ2n) is 4.02. The van der Waals surface area contributed by atoms with Crippen molar-refractivity contribution in [3.05, 3.63) is 0 Å². The molecule has 0 aliphatic heterocycles. The molecule has 1 rings (SSSR count). The molecular weight excluding hydrogens is 184 g/mol. The van der Waals surface area contributed by atoms with Crippen molar-refractivity contribution in [2.75, 3.05) is 0 Å². The fourth-order valence-electron chi connectivity index (χ4n) is 1.59. The molecule has 0 amide bonds. The van der Waals surface area contributed by atoms with Gasteiger partial charge in [0.05, 0.1) is 11.0 Å². The van der Waals surface area contributed by atoms with Gasteiger partial charge in [-0.2, -0.15) is 0 Å². The summed E-state index contributed by atoms with van der Waals surface area (Å²) >= 11 is 0. The highest BCUT2D eigenvalue weighted by molar-refractivity contribution is 7.83. The monoisotopic (exact) mass is 204 g/mol. The van der Waals surface area contributed by atoms with Crippen molar-refractivity contribution in [1.82, 2.24) is 4.72 Å². The highest BCUT2D eigenvalue weighted by atomic mass is 32.2. The first-order valence-corrected chi connectivity index (χ1v) is 6.25. The molecule has 0 radical (unpaired) electrons. The predicted octanol–water partition coefficient (Wildman–Crippen LogP) is 0.918. The summed E-state index contributed by atoms with van der Waals surface area (Å²) in [6.45, 7) is 3.91. The molecule has 13 heavy (non-hydrogen) atoms. The number of nitrogens with one attached hydrogen (secondary N) is 1. The molecule has 3 N–H and O–H groups in total. The van der Waals surface area contributed by atoms with E-state index in [1.54, 1.807) is 0 Å². The molecule has 1 saturated carbocycles. The average Bonchev–Trinajstić information content (AvgIpc) is 2.08. The van der Waals surface area contributed by atoms with Gasteiger partial charge in [-0.15, -0.1) is 0 Å². The van der Waals surface area contributed by atoms with Crippen molar-refractivity contribution in [3.8, 4) is 0 Å². The van der Waals surface area contributed by atoms with Gasteiger partial charge in [-0.25, -0.2) is 8.93 Å². The van der Waals surface area contributed by atoms with Gasteiger partial charge < -0.3 is 5.73 Å². The van der Waals surface area contributed by atoms with Crippen LogP contribution in [0.5, 0.6) is 0 Å². The van der Waals surface area contributed by atoms with Gasteiger partial charge in [-0.1, -0.05) is 12.8 Å². The Morgan fingerprint density at radius 3 is 2.54 bits per heavy atom. The highest BCUT2D eigenvalue weighted by Crippen LogP contribution is 2.17. The zero-order valence-electron chi connectivity index (χ0n) is 8.45. The van der Waals surface area contributed by atoms with Crippen LogP contribution < -0.4 is 10.5 Å². The van der Waals surface area contributed by atoms with E-state index >= 15 is 0 Å². The summed E-state index contributed by atoms with van der Waals surface area (Å²) in [6, 6.07) is 0.452. The second kappa shape index (κ2) is 5.08. The summed E-state index contributed by atoms with van der Waals surface area (Å²) in [5.41, 5.74) is 5.93. The Labute approximate surface area is 83.1 Å². The molecule has 4 heteroatoms. The summed E-state index contributed by atoms with van der Waals surface area (Å²) < 4.78 is 14.6. The van der Waals surface area contributed by atoms with Crippen molar-refractivity contribution in [1.29, 1.82) is 0 Å². The maximum Gasteiger partial charge on any atom is 0.0944 e. The molecule has 78 valence electrons. The van der Waals surface area contributed by atoms with Crippen LogP contribution >= 0.6 is 0 Å². The van der Waals surface area contributed by atoms with Crippen molar-refractivity contribution in [2.24, 2.45) is 5.73 Å². The van der Waals surface area contributed by atoms with Crippen LogP contribution in [0.4, 0.5) is 0 Å². The largest absolute Gasteiger partial charge is 0.326 e. The second-order valence-corrected chi connectivity index (χ2v) is 5.79. The lowest BCUT2D eigenvalue weighted by atomic mass is 9.92. The minimum absolute atomic E-state index is 0.175. The minimum Gasteiger partial charge on any atom is -0.326 e. The van der Waals surface area contributed by atoms with Crippen LogP contribution in [-0.2, 0) is 11.0 Å². The van der Waals surface area contributed by atoms with Crippen LogP contribution in [0.25, 0.3) is 0 Å². The van der Waals surface area contributed by atoms with Crippen LogP contribution in [0, 0.1) is 0 Å². The van der Waals surface area contributed by atoms with Crippen molar-refractivity contribution < 1.29 is 4.21 Å². The minimum atomic E-state index is -0.920. The van der Waals surface area contributed by atoms with E-state index in [1.165, 1.54) is 12.8 Å². The SMILES string of the molecule is CC(C)S(=O)N[C@@H]1CCCC[C@H]1N. The van der Waals surface area contributed by atoms with E-state index in [1.807, 2.05) is 13.8 Å². The fourth-order valence-corrected chi connectivity index (χ4v) is 2.45. The van der Waals surface area contributed by atoms with Gasteiger partial charge >= 0.3 is 0 Å². The van der Waals surface area contributed by atoms with E-state index in [0.29, 0.717) is 0 Å². The molecule has 0 spiro atoms. The molecule has 0 aromatic rings. The van der Waals surface area contributed by atoms with Gasteiger partial charge in [-0.05, 0) is 26.7 Å². The highest BCUT2D eigenvalue weighted by Gasteiger charge is 2.23. The Kier molecular flexibility index (Phi) is 4.35. The maximum absolute atomic E-state index is 11.5. The quantitative estimate of drug-likeness (QED) is 0.718. The smallest absolute Gasteiger partial charge is 0.0944 e. The molecule has 1 aliphatic rings. The lowest BCUT2D eigenvalue weighted by molar-refractivity contribution is 0.365. The van der Waals surface area contributed by atoms with E-state index in [2.05, 4.69) is 4.72 Å². The van der Waals surface area contributed by atoms with Gasteiger partial charge in [0.2, 0.25) is 0 Å². The third-order valence-electron chi connectivity index (χ3n) is 2.52. The van der Waals surface area contributed by atoms with E-state index in [-0.39, 0.29) is 17.3 Å². The molecule has 0 heterocycles. The Morgan fingerprint density at radius 2 is 2.00 bits per heavy atom. The Hall–Kier alpha value is 0.0700. The number of rotatable bonds is 3. The lowest BCUT2D eigenvalue weighted by Crippen LogP contribution is -2.48. The first-order valence-electron chi connectivity index (χ1n) is 5.03. The Morgan fingerprint density at radius 1 is 1.38 bits per heavy atom. The van der Waals surface area contributed by atoms with Gasteiger partial charge in [0.1, 0.15) is 0 Å². The van der Waals surface area contributed by atoms with Crippen LogP contribution in [0.15, 0.2) is 0 Å². The van der Waals surface area contributed by atoms with Crippen molar-refractivity contribution >= 4 is 11.0 Å². The Bertz CT molecular complexity index is 184. The van der Waals surface area contributed by atoms with Gasteiger partial charge in [0.15, 0.2) is 0 Å². The van der Waals surface area contributed by atoms with E-state index in [0.717, 1.165) is 12.8 Å². The molecule has 1 unspecified atom stereocenters. The third-order valence-corrected chi connectivity index (χ3v) is 3.91. The zero-order chi connectivity index (χ0) is 9.84. The summed E-state index contributed by atoms with van der Waals surface area (Å²) in [6.07, 6.45) is 4.56. The van der Waals surface area contributed by atoms with Crippen molar-refractivity contribution in [2.45, 2.75) is 56.9 Å². The van der Waals surface area contributed by atoms with Gasteiger partial charge in [0.25, 0.3) is 0 Å². The van der Waals surface area contributed by atoms with Gasteiger partial charge in [0, 0.05) is 17.3 Å². The number of hydrogen-bond donors (Lipinski definition) is 2. The van der Waals surface area contributed by atoms with Gasteiger partial charge in [-0.3, -0.25) is 0 Å². The summed E-state index contributed by atoms with van der Waals surface area (Å²) in [5.74, 6) is 0. The molecule has 0 aromatic carbocycles. The van der Waals surface area contributed by atoms with Crippen molar-refractivity contribution in [3.63, 3.8) is 0 Å². The number of nitrogens with two attached hydrogens (primary N) is 1. The molecule has 3 nitrogen and oxygen atoms in total. The molecule has 0 saturated heterocycles. The first-order chi connectivity index (χ1) is 6.11. The summed E-state index contributed by atoms with van der Waals surface area (Å²) in [5, 5.41) is 0.175. The molecule has 3 atom stereocenters. The molecule has 1 fully saturated rings. The standard InChI is InChI=1S/C9H20N2OS/c1-7(2)13(12)11-9-6-4-3-5-8(9)10/h7-9,11H,3-6,10H2,1-2H3/t8-,9-,13?/m1/s1. The molecule has 1 aliphatic carbocycles. The molecular formula is C9H20N2OS. The Balaban J connectivity index is 2.38.